The van der Waals surface area contributed by atoms with Crippen molar-refractivity contribution < 1.29 is 17.7 Å². The van der Waals surface area contributed by atoms with Gasteiger partial charge in [-0.15, -0.1) is 11.3 Å². The van der Waals surface area contributed by atoms with Crippen molar-refractivity contribution in [2.45, 2.75) is 51.5 Å². The maximum atomic E-state index is 13.4. The van der Waals surface area contributed by atoms with E-state index in [4.69, 9.17) is 4.52 Å². The van der Waals surface area contributed by atoms with Crippen LogP contribution in [0.3, 0.4) is 0 Å². The van der Waals surface area contributed by atoms with Gasteiger partial charge in [0.15, 0.2) is 0 Å². The Labute approximate surface area is 198 Å². The number of benzene rings is 1. The van der Waals surface area contributed by atoms with E-state index in [1.165, 1.54) is 15.6 Å². The van der Waals surface area contributed by atoms with Crippen LogP contribution in [-0.4, -0.2) is 41.9 Å². The highest BCUT2D eigenvalue weighted by Crippen LogP contribution is 2.35. The molecule has 176 valence electrons. The number of thiophene rings is 1. The van der Waals surface area contributed by atoms with Crippen molar-refractivity contribution in [2.75, 3.05) is 13.1 Å². The lowest BCUT2D eigenvalue weighted by Gasteiger charge is -2.31. The van der Waals surface area contributed by atoms with Gasteiger partial charge in [0.25, 0.3) is 0 Å². The van der Waals surface area contributed by atoms with Crippen LogP contribution in [0.1, 0.15) is 41.7 Å². The zero-order valence-electron chi connectivity index (χ0n) is 19.0. The van der Waals surface area contributed by atoms with Crippen LogP contribution in [0.2, 0.25) is 0 Å². The monoisotopic (exact) mass is 488 g/mol. The molecule has 0 spiro atoms. The summed E-state index contributed by atoms with van der Waals surface area (Å²) in [7, 11) is -3.74. The van der Waals surface area contributed by atoms with Gasteiger partial charge >= 0.3 is 0 Å². The Bertz CT molecular complexity index is 1250. The first-order valence-corrected chi connectivity index (χ1v) is 13.3. The minimum Gasteiger partial charge on any atom is -0.352 e. The number of sulfonamides is 1. The molecular formula is C23H28N4O4S2. The Morgan fingerprint density at radius 3 is 2.85 bits per heavy atom. The minimum absolute atomic E-state index is 0.113. The summed E-state index contributed by atoms with van der Waals surface area (Å²) >= 11 is 1.33. The number of amides is 1. The van der Waals surface area contributed by atoms with E-state index in [9.17, 15) is 13.2 Å². The molecule has 10 heteroatoms. The number of aryl methyl sites for hydroxylation is 3. The topological polar surface area (TPSA) is 105 Å². The van der Waals surface area contributed by atoms with Gasteiger partial charge in [-0.1, -0.05) is 41.9 Å². The third kappa shape index (κ3) is 5.18. The van der Waals surface area contributed by atoms with E-state index in [0.717, 1.165) is 11.1 Å². The number of carbonyl (C=O) groups is 1. The molecule has 1 atom stereocenters. The standard InChI is InChI=1S/C23H28N4O4S2/c1-4-21-25-22(26-31-21)19-12-20(16(3)32-19)33(29,30)27-10-6-9-18(14-27)23(28)24-13-17-8-5-7-15(2)11-17/h5,7-8,11-12,18H,4,6,9-10,13-14H2,1-3H3,(H,24,28)/t18-/m0/s1. The summed E-state index contributed by atoms with van der Waals surface area (Å²) < 4.78 is 33.5. The Hall–Kier alpha value is -2.56. The van der Waals surface area contributed by atoms with Crippen molar-refractivity contribution in [3.63, 3.8) is 0 Å². The molecule has 4 rings (SSSR count). The Balaban J connectivity index is 1.46. The molecule has 3 aromatic rings. The molecule has 3 heterocycles. The van der Waals surface area contributed by atoms with Crippen molar-refractivity contribution in [3.05, 3.63) is 52.2 Å². The fourth-order valence-corrected chi connectivity index (χ4v) is 7.01. The number of carbonyl (C=O) groups excluding carboxylic acids is 1. The summed E-state index contributed by atoms with van der Waals surface area (Å²) in [5.41, 5.74) is 2.16. The third-order valence-electron chi connectivity index (χ3n) is 5.79. The van der Waals surface area contributed by atoms with Gasteiger partial charge in [0.1, 0.15) is 0 Å². The van der Waals surface area contributed by atoms with Crippen LogP contribution in [0.5, 0.6) is 0 Å². The molecule has 0 aliphatic carbocycles. The predicted molar refractivity (Wildman–Crippen MR) is 126 cm³/mol. The van der Waals surface area contributed by atoms with Crippen molar-refractivity contribution in [1.82, 2.24) is 19.8 Å². The summed E-state index contributed by atoms with van der Waals surface area (Å²) in [6.07, 6.45) is 1.92. The highest BCUT2D eigenvalue weighted by Gasteiger charge is 2.35. The number of nitrogens with zero attached hydrogens (tertiary/aromatic N) is 3. The van der Waals surface area contributed by atoms with Crippen LogP contribution >= 0.6 is 11.3 Å². The molecule has 1 saturated heterocycles. The fraction of sp³-hybridized carbons (Fsp3) is 0.435. The minimum atomic E-state index is -3.74. The van der Waals surface area contributed by atoms with Crippen molar-refractivity contribution >= 4 is 27.3 Å². The second-order valence-corrected chi connectivity index (χ2v) is 11.5. The molecule has 1 amide bonds. The highest BCUT2D eigenvalue weighted by molar-refractivity contribution is 7.89. The molecule has 0 saturated carbocycles. The van der Waals surface area contributed by atoms with E-state index in [1.807, 2.05) is 38.1 Å². The second-order valence-electron chi connectivity index (χ2n) is 8.31. The van der Waals surface area contributed by atoms with Crippen LogP contribution in [0, 0.1) is 19.8 Å². The number of rotatable bonds is 7. The van der Waals surface area contributed by atoms with Crippen molar-refractivity contribution in [2.24, 2.45) is 5.92 Å². The zero-order chi connectivity index (χ0) is 23.6. The SMILES string of the molecule is CCc1nc(-c2cc(S(=O)(=O)N3CCC[C@H](C(=O)NCc4cccc(C)c4)C3)c(C)s2)no1. The molecule has 1 fully saturated rings. The smallest absolute Gasteiger partial charge is 0.244 e. The number of hydrogen-bond acceptors (Lipinski definition) is 7. The van der Waals surface area contributed by atoms with Gasteiger partial charge in [-0.25, -0.2) is 8.42 Å². The maximum absolute atomic E-state index is 13.4. The largest absolute Gasteiger partial charge is 0.352 e. The molecule has 0 bridgehead atoms. The molecule has 33 heavy (non-hydrogen) atoms. The van der Waals surface area contributed by atoms with E-state index in [1.54, 1.807) is 13.0 Å². The van der Waals surface area contributed by atoms with Crippen LogP contribution in [0.25, 0.3) is 10.7 Å². The molecule has 2 aromatic heterocycles. The van der Waals surface area contributed by atoms with Gasteiger partial charge in [-0.3, -0.25) is 4.79 Å². The Kier molecular flexibility index (Phi) is 6.96. The Morgan fingerprint density at radius 1 is 1.30 bits per heavy atom. The summed E-state index contributed by atoms with van der Waals surface area (Å²) in [6.45, 7) is 6.70. The Morgan fingerprint density at radius 2 is 2.12 bits per heavy atom. The van der Waals surface area contributed by atoms with Gasteiger partial charge < -0.3 is 9.84 Å². The number of aromatic nitrogens is 2. The summed E-state index contributed by atoms with van der Waals surface area (Å²) in [4.78, 5) is 18.7. The summed E-state index contributed by atoms with van der Waals surface area (Å²) in [6, 6.07) is 9.58. The molecule has 1 aromatic carbocycles. The molecule has 1 N–H and O–H groups in total. The summed E-state index contributed by atoms with van der Waals surface area (Å²) in [5.74, 6) is 0.420. The van der Waals surface area contributed by atoms with Crippen LogP contribution < -0.4 is 5.32 Å². The fourth-order valence-electron chi connectivity index (χ4n) is 4.00. The van der Waals surface area contributed by atoms with Crippen molar-refractivity contribution in [1.29, 1.82) is 0 Å². The lowest BCUT2D eigenvalue weighted by atomic mass is 9.98. The van der Waals surface area contributed by atoms with E-state index < -0.39 is 10.0 Å². The lowest BCUT2D eigenvalue weighted by molar-refractivity contribution is -0.126. The van der Waals surface area contributed by atoms with Gasteiger partial charge in [0.05, 0.1) is 15.7 Å². The first-order chi connectivity index (χ1) is 15.8. The predicted octanol–water partition coefficient (Wildman–Crippen LogP) is 3.69. The van der Waals surface area contributed by atoms with Gasteiger partial charge in [-0.2, -0.15) is 9.29 Å². The molecular weight excluding hydrogens is 460 g/mol. The number of nitrogens with one attached hydrogen (secondary N) is 1. The first-order valence-electron chi connectivity index (χ1n) is 11.0. The van der Waals surface area contributed by atoms with E-state index in [2.05, 4.69) is 15.5 Å². The van der Waals surface area contributed by atoms with Gasteiger partial charge in [0.2, 0.25) is 27.6 Å². The van der Waals surface area contributed by atoms with Crippen LogP contribution in [0.15, 0.2) is 39.8 Å². The highest BCUT2D eigenvalue weighted by atomic mass is 32.2. The molecule has 0 unspecified atom stereocenters. The van der Waals surface area contributed by atoms with Crippen molar-refractivity contribution in [3.8, 4) is 10.7 Å². The molecule has 0 radical (unpaired) electrons. The van der Waals surface area contributed by atoms with Gasteiger partial charge in [-0.05, 0) is 38.3 Å². The number of piperidine rings is 1. The molecule has 8 nitrogen and oxygen atoms in total. The molecule has 1 aliphatic heterocycles. The quantitative estimate of drug-likeness (QED) is 0.544. The van der Waals surface area contributed by atoms with E-state index in [-0.39, 0.29) is 23.3 Å². The van der Waals surface area contributed by atoms with Crippen LogP contribution in [-0.2, 0) is 27.8 Å². The second kappa shape index (κ2) is 9.74. The van der Waals surface area contributed by atoms with Gasteiger partial charge in [0, 0.05) is 30.9 Å². The van der Waals surface area contributed by atoms with E-state index >= 15 is 0 Å². The maximum Gasteiger partial charge on any atom is 0.244 e. The van der Waals surface area contributed by atoms with E-state index in [0.29, 0.717) is 53.8 Å². The lowest BCUT2D eigenvalue weighted by Crippen LogP contribution is -2.45. The average Bonchev–Trinajstić information content (AvgIpc) is 3.44. The summed E-state index contributed by atoms with van der Waals surface area (Å²) in [5, 5.41) is 6.92. The first kappa shape index (κ1) is 23.6. The number of hydrogen-bond donors (Lipinski definition) is 1. The zero-order valence-corrected chi connectivity index (χ0v) is 20.6. The third-order valence-corrected chi connectivity index (χ3v) is 8.95. The molecule has 1 aliphatic rings. The van der Waals surface area contributed by atoms with Crippen LogP contribution in [0.4, 0.5) is 0 Å². The normalized spacial score (nSPS) is 17.2. The average molecular weight is 489 g/mol.